The van der Waals surface area contributed by atoms with Crippen LogP contribution in [0.15, 0.2) is 0 Å². The molecular weight excluding hydrogens is 264 g/mol. The summed E-state index contributed by atoms with van der Waals surface area (Å²) in [5.74, 6) is -6.82. The standard InChI is InChI=1S/C13H16F4O2/c1-8-9(14)11(16)13(12(17)10(8)15)19-7-5-3-4-6-18-2/h3-7H2,1-2H3. The average Bonchev–Trinajstić information content (AvgIpc) is 2.41. The summed E-state index contributed by atoms with van der Waals surface area (Å²) in [6, 6.07) is 0. The molecule has 1 rings (SSSR count). The van der Waals surface area contributed by atoms with Crippen LogP contribution >= 0.6 is 0 Å². The van der Waals surface area contributed by atoms with Crippen LogP contribution < -0.4 is 4.74 Å². The lowest BCUT2D eigenvalue weighted by molar-refractivity contribution is 0.188. The van der Waals surface area contributed by atoms with E-state index in [-0.39, 0.29) is 6.61 Å². The summed E-state index contributed by atoms with van der Waals surface area (Å²) in [5, 5.41) is 0. The first-order chi connectivity index (χ1) is 9.00. The third-order valence-electron chi connectivity index (χ3n) is 2.68. The predicted molar refractivity (Wildman–Crippen MR) is 62.2 cm³/mol. The summed E-state index contributed by atoms with van der Waals surface area (Å²) in [6.07, 6.45) is 2.02. The van der Waals surface area contributed by atoms with E-state index in [1.807, 2.05) is 0 Å². The van der Waals surface area contributed by atoms with Crippen LogP contribution in [0.3, 0.4) is 0 Å². The number of rotatable bonds is 7. The minimum atomic E-state index is -1.49. The van der Waals surface area contributed by atoms with Gasteiger partial charge in [-0.05, 0) is 26.2 Å². The molecule has 0 N–H and O–H groups in total. The van der Waals surface area contributed by atoms with Crippen molar-refractivity contribution in [3.8, 4) is 5.75 Å². The Bertz CT molecular complexity index is 406. The van der Waals surface area contributed by atoms with Gasteiger partial charge in [-0.2, -0.15) is 8.78 Å². The van der Waals surface area contributed by atoms with Crippen molar-refractivity contribution in [2.24, 2.45) is 0 Å². The lowest BCUT2D eigenvalue weighted by Crippen LogP contribution is -2.07. The molecule has 0 spiro atoms. The van der Waals surface area contributed by atoms with Crippen LogP contribution in [0.4, 0.5) is 17.6 Å². The van der Waals surface area contributed by atoms with Gasteiger partial charge in [0.15, 0.2) is 17.4 Å². The van der Waals surface area contributed by atoms with Gasteiger partial charge in [0.1, 0.15) is 0 Å². The highest BCUT2D eigenvalue weighted by atomic mass is 19.2. The zero-order chi connectivity index (χ0) is 14.4. The first-order valence-corrected chi connectivity index (χ1v) is 5.95. The van der Waals surface area contributed by atoms with E-state index in [0.29, 0.717) is 13.0 Å². The second-order valence-corrected chi connectivity index (χ2v) is 4.11. The van der Waals surface area contributed by atoms with E-state index in [9.17, 15) is 17.6 Å². The number of halogens is 4. The Labute approximate surface area is 109 Å². The van der Waals surface area contributed by atoms with Crippen LogP contribution in [0.2, 0.25) is 0 Å². The number of methoxy groups -OCH3 is 1. The highest BCUT2D eigenvalue weighted by molar-refractivity contribution is 5.33. The number of ether oxygens (including phenoxy) is 2. The Balaban J connectivity index is 2.64. The molecule has 0 amide bonds. The van der Waals surface area contributed by atoms with Gasteiger partial charge in [0.25, 0.3) is 0 Å². The summed E-state index contributed by atoms with van der Waals surface area (Å²) in [6.45, 7) is 1.53. The molecule has 0 bridgehead atoms. The third kappa shape index (κ3) is 3.83. The SMILES string of the molecule is COCCCCCOc1c(F)c(F)c(C)c(F)c1F. The fourth-order valence-corrected chi connectivity index (χ4v) is 1.55. The van der Waals surface area contributed by atoms with Gasteiger partial charge in [-0.15, -0.1) is 0 Å². The summed E-state index contributed by atoms with van der Waals surface area (Å²) < 4.78 is 62.9. The molecule has 1 aromatic carbocycles. The first kappa shape index (κ1) is 15.8. The summed E-state index contributed by atoms with van der Waals surface area (Å²) >= 11 is 0. The van der Waals surface area contributed by atoms with Crippen molar-refractivity contribution in [3.63, 3.8) is 0 Å². The van der Waals surface area contributed by atoms with E-state index in [4.69, 9.17) is 9.47 Å². The maximum Gasteiger partial charge on any atom is 0.204 e. The second kappa shape index (κ2) is 7.33. The molecule has 108 valence electrons. The van der Waals surface area contributed by atoms with Gasteiger partial charge < -0.3 is 9.47 Å². The maximum absolute atomic E-state index is 13.4. The molecule has 0 unspecified atom stereocenters. The molecule has 0 aliphatic carbocycles. The molecule has 0 aliphatic rings. The number of hydrogen-bond donors (Lipinski definition) is 0. The Hall–Kier alpha value is -1.30. The zero-order valence-corrected chi connectivity index (χ0v) is 10.9. The van der Waals surface area contributed by atoms with Gasteiger partial charge in [0.05, 0.1) is 6.61 Å². The van der Waals surface area contributed by atoms with Crippen molar-refractivity contribution in [3.05, 3.63) is 28.8 Å². The van der Waals surface area contributed by atoms with Gasteiger partial charge in [0, 0.05) is 19.3 Å². The number of hydrogen-bond acceptors (Lipinski definition) is 2. The topological polar surface area (TPSA) is 18.5 Å². The molecule has 0 saturated heterocycles. The van der Waals surface area contributed by atoms with Gasteiger partial charge >= 0.3 is 0 Å². The zero-order valence-electron chi connectivity index (χ0n) is 10.9. The largest absolute Gasteiger partial charge is 0.487 e. The van der Waals surface area contributed by atoms with Crippen LogP contribution in [0.25, 0.3) is 0 Å². The van der Waals surface area contributed by atoms with Crippen LogP contribution in [0.1, 0.15) is 24.8 Å². The monoisotopic (exact) mass is 280 g/mol. The Morgan fingerprint density at radius 2 is 1.32 bits per heavy atom. The number of unbranched alkanes of at least 4 members (excludes halogenated alkanes) is 2. The molecule has 1 aromatic rings. The third-order valence-corrected chi connectivity index (χ3v) is 2.68. The molecule has 19 heavy (non-hydrogen) atoms. The lowest BCUT2D eigenvalue weighted by atomic mass is 10.2. The Morgan fingerprint density at radius 1 is 0.789 bits per heavy atom. The van der Waals surface area contributed by atoms with Crippen LogP contribution in [0, 0.1) is 30.2 Å². The molecule has 0 radical (unpaired) electrons. The van der Waals surface area contributed by atoms with Crippen molar-refractivity contribution < 1.29 is 27.0 Å². The molecule has 6 heteroatoms. The highest BCUT2D eigenvalue weighted by Crippen LogP contribution is 2.29. The molecular formula is C13H16F4O2. The fourth-order valence-electron chi connectivity index (χ4n) is 1.55. The molecule has 0 heterocycles. The minimum Gasteiger partial charge on any atom is -0.487 e. The van der Waals surface area contributed by atoms with Gasteiger partial charge in [0.2, 0.25) is 11.6 Å². The summed E-state index contributed by atoms with van der Waals surface area (Å²) in [5.41, 5.74) is -0.692. The Kier molecular flexibility index (Phi) is 6.08. The van der Waals surface area contributed by atoms with Gasteiger partial charge in [-0.1, -0.05) is 0 Å². The molecule has 0 atom stereocenters. The molecule has 0 aliphatic heterocycles. The van der Waals surface area contributed by atoms with Crippen molar-refractivity contribution in [1.29, 1.82) is 0 Å². The van der Waals surface area contributed by atoms with Crippen molar-refractivity contribution in [2.75, 3.05) is 20.3 Å². The van der Waals surface area contributed by atoms with Gasteiger partial charge in [-0.25, -0.2) is 8.78 Å². The van der Waals surface area contributed by atoms with Gasteiger partial charge in [-0.3, -0.25) is 0 Å². The van der Waals surface area contributed by atoms with Crippen LogP contribution in [-0.4, -0.2) is 20.3 Å². The van der Waals surface area contributed by atoms with Crippen LogP contribution in [-0.2, 0) is 4.74 Å². The van der Waals surface area contributed by atoms with E-state index in [1.165, 1.54) is 0 Å². The van der Waals surface area contributed by atoms with Crippen LogP contribution in [0.5, 0.6) is 5.75 Å². The quantitative estimate of drug-likeness (QED) is 0.430. The normalized spacial score (nSPS) is 10.8. The molecule has 0 saturated carbocycles. The smallest absolute Gasteiger partial charge is 0.204 e. The fraction of sp³-hybridized carbons (Fsp3) is 0.538. The van der Waals surface area contributed by atoms with E-state index in [0.717, 1.165) is 19.8 Å². The maximum atomic E-state index is 13.4. The average molecular weight is 280 g/mol. The van der Waals surface area contributed by atoms with E-state index < -0.39 is 34.6 Å². The minimum absolute atomic E-state index is 0.0144. The van der Waals surface area contributed by atoms with Crippen molar-refractivity contribution in [2.45, 2.75) is 26.2 Å². The van der Waals surface area contributed by atoms with E-state index in [2.05, 4.69) is 0 Å². The highest BCUT2D eigenvalue weighted by Gasteiger charge is 2.24. The van der Waals surface area contributed by atoms with Crippen molar-refractivity contribution >= 4 is 0 Å². The summed E-state index contributed by atoms with van der Waals surface area (Å²) in [7, 11) is 1.57. The summed E-state index contributed by atoms with van der Waals surface area (Å²) in [4.78, 5) is 0. The predicted octanol–water partition coefficient (Wildman–Crippen LogP) is 3.75. The Morgan fingerprint density at radius 3 is 1.84 bits per heavy atom. The lowest BCUT2D eigenvalue weighted by Gasteiger charge is -2.11. The molecule has 0 fully saturated rings. The van der Waals surface area contributed by atoms with E-state index in [1.54, 1.807) is 7.11 Å². The molecule has 2 nitrogen and oxygen atoms in total. The van der Waals surface area contributed by atoms with E-state index >= 15 is 0 Å². The van der Waals surface area contributed by atoms with Crippen molar-refractivity contribution in [1.82, 2.24) is 0 Å². The first-order valence-electron chi connectivity index (χ1n) is 5.95. The molecule has 0 aromatic heterocycles. The number of benzene rings is 1. The second-order valence-electron chi connectivity index (χ2n) is 4.11.